The largest absolute Gasteiger partial charge is 0.327 e. The summed E-state index contributed by atoms with van der Waals surface area (Å²) in [5.41, 5.74) is 3.53. The second-order valence-corrected chi connectivity index (χ2v) is 5.82. The second-order valence-electron chi connectivity index (χ2n) is 4.27. The predicted molar refractivity (Wildman–Crippen MR) is 82.6 cm³/mol. The summed E-state index contributed by atoms with van der Waals surface area (Å²) in [5.74, 6) is -0.257. The maximum Gasteiger partial charge on any atom is 0.184 e. The molecule has 0 amide bonds. The minimum Gasteiger partial charge on any atom is -0.327 e. The molecule has 0 saturated carbocycles. The van der Waals surface area contributed by atoms with Gasteiger partial charge in [0.1, 0.15) is 11.3 Å². The number of halogens is 2. The van der Waals surface area contributed by atoms with Crippen LogP contribution in [-0.2, 0) is 7.05 Å². The molecule has 2 heterocycles. The van der Waals surface area contributed by atoms with Gasteiger partial charge in [0.05, 0.1) is 11.4 Å². The molecule has 3 rings (SSSR count). The van der Waals surface area contributed by atoms with E-state index >= 15 is 0 Å². The molecular formula is C12H10FIN4S. The topological polar surface area (TPSA) is 38.5 Å². The lowest BCUT2D eigenvalue weighted by atomic mass is 10.3. The maximum absolute atomic E-state index is 13.2. The van der Waals surface area contributed by atoms with Gasteiger partial charge in [-0.1, -0.05) is 0 Å². The van der Waals surface area contributed by atoms with Gasteiger partial charge >= 0.3 is 0 Å². The van der Waals surface area contributed by atoms with Crippen LogP contribution in [0.3, 0.4) is 0 Å². The first-order valence-corrected chi connectivity index (χ1v) is 7.07. The molecule has 19 heavy (non-hydrogen) atoms. The molecule has 0 aliphatic heterocycles. The highest BCUT2D eigenvalue weighted by molar-refractivity contribution is 14.1. The van der Waals surface area contributed by atoms with Crippen LogP contribution in [0.1, 0.15) is 5.69 Å². The van der Waals surface area contributed by atoms with E-state index in [1.165, 1.54) is 12.1 Å². The SMILES string of the molecule is Cc1nn(C)c2c1[nH]c(=S)n2-c1ccc(F)cc1I. The molecule has 0 aliphatic rings. The molecule has 0 aliphatic carbocycles. The highest BCUT2D eigenvalue weighted by atomic mass is 127. The Balaban J connectivity index is 2.42. The minimum absolute atomic E-state index is 0.257. The van der Waals surface area contributed by atoms with Crippen molar-refractivity contribution in [2.45, 2.75) is 6.92 Å². The van der Waals surface area contributed by atoms with Crippen LogP contribution in [0.5, 0.6) is 0 Å². The number of aromatic amines is 1. The van der Waals surface area contributed by atoms with Gasteiger partial charge in [0.15, 0.2) is 10.4 Å². The van der Waals surface area contributed by atoms with E-state index in [0.717, 1.165) is 26.1 Å². The van der Waals surface area contributed by atoms with Crippen molar-refractivity contribution < 1.29 is 4.39 Å². The Bertz CT molecular complexity index is 845. The van der Waals surface area contributed by atoms with Crippen LogP contribution in [0.25, 0.3) is 16.9 Å². The Morgan fingerprint density at radius 3 is 2.84 bits per heavy atom. The van der Waals surface area contributed by atoms with Crippen LogP contribution in [0, 0.1) is 21.1 Å². The summed E-state index contributed by atoms with van der Waals surface area (Å²) in [7, 11) is 1.87. The Morgan fingerprint density at radius 2 is 2.16 bits per heavy atom. The molecule has 1 aromatic carbocycles. The highest BCUT2D eigenvalue weighted by Gasteiger charge is 2.15. The molecular weight excluding hydrogens is 378 g/mol. The fourth-order valence-electron chi connectivity index (χ4n) is 2.19. The van der Waals surface area contributed by atoms with E-state index in [1.807, 2.05) is 18.5 Å². The first kappa shape index (κ1) is 12.8. The number of hydrogen-bond donors (Lipinski definition) is 1. The van der Waals surface area contributed by atoms with E-state index in [-0.39, 0.29) is 5.82 Å². The van der Waals surface area contributed by atoms with Gasteiger partial charge in [-0.05, 0) is 59.9 Å². The van der Waals surface area contributed by atoms with Crippen molar-refractivity contribution in [2.75, 3.05) is 0 Å². The highest BCUT2D eigenvalue weighted by Crippen LogP contribution is 2.25. The number of nitrogens with zero attached hydrogens (tertiary/aromatic N) is 3. The van der Waals surface area contributed by atoms with Crippen LogP contribution in [0.2, 0.25) is 0 Å². The number of aryl methyl sites for hydroxylation is 2. The van der Waals surface area contributed by atoms with Gasteiger partial charge in [-0.2, -0.15) is 5.10 Å². The lowest BCUT2D eigenvalue weighted by Crippen LogP contribution is -2.02. The number of hydrogen-bond acceptors (Lipinski definition) is 2. The fraction of sp³-hybridized carbons (Fsp3) is 0.167. The summed E-state index contributed by atoms with van der Waals surface area (Å²) >= 11 is 7.47. The third-order valence-electron chi connectivity index (χ3n) is 2.99. The number of fused-ring (bicyclic) bond motifs is 1. The zero-order valence-corrected chi connectivity index (χ0v) is 13.2. The monoisotopic (exact) mass is 388 g/mol. The number of nitrogens with one attached hydrogen (secondary N) is 1. The smallest absolute Gasteiger partial charge is 0.184 e. The third kappa shape index (κ3) is 1.91. The number of H-pyrrole nitrogens is 1. The van der Waals surface area contributed by atoms with Crippen molar-refractivity contribution in [1.82, 2.24) is 19.3 Å². The van der Waals surface area contributed by atoms with Crippen LogP contribution in [-0.4, -0.2) is 19.3 Å². The van der Waals surface area contributed by atoms with Gasteiger partial charge < -0.3 is 4.98 Å². The van der Waals surface area contributed by atoms with E-state index in [4.69, 9.17) is 12.2 Å². The molecule has 0 radical (unpaired) electrons. The van der Waals surface area contributed by atoms with Gasteiger partial charge in [-0.3, -0.25) is 4.57 Å². The Morgan fingerprint density at radius 1 is 1.42 bits per heavy atom. The summed E-state index contributed by atoms with van der Waals surface area (Å²) in [5, 5.41) is 4.37. The van der Waals surface area contributed by atoms with Crippen LogP contribution >= 0.6 is 34.8 Å². The summed E-state index contributed by atoms with van der Waals surface area (Å²) in [4.78, 5) is 3.15. The standard InChI is InChI=1S/C12H10FIN4S/c1-6-10-11(17(2)16-6)18(12(19)15-10)9-4-3-7(13)5-8(9)14/h3-5H,1-2H3,(H,15,19). The first-order chi connectivity index (χ1) is 8.99. The minimum atomic E-state index is -0.257. The van der Waals surface area contributed by atoms with Crippen molar-refractivity contribution in [3.63, 3.8) is 0 Å². The number of benzene rings is 1. The average molecular weight is 388 g/mol. The van der Waals surface area contributed by atoms with E-state index in [9.17, 15) is 4.39 Å². The van der Waals surface area contributed by atoms with Gasteiger partial charge in [0.2, 0.25) is 0 Å². The molecule has 0 spiro atoms. The van der Waals surface area contributed by atoms with Gasteiger partial charge in [-0.25, -0.2) is 9.07 Å². The fourth-order valence-corrected chi connectivity index (χ4v) is 3.20. The second kappa shape index (κ2) is 4.41. The predicted octanol–water partition coefficient (Wildman–Crippen LogP) is 3.47. The summed E-state index contributed by atoms with van der Waals surface area (Å²) < 4.78 is 18.3. The molecule has 3 aromatic rings. The molecule has 0 fully saturated rings. The van der Waals surface area contributed by atoms with Gasteiger partial charge in [-0.15, -0.1) is 0 Å². The van der Waals surface area contributed by atoms with E-state index in [0.29, 0.717) is 4.77 Å². The molecule has 1 N–H and O–H groups in total. The van der Waals surface area contributed by atoms with Crippen molar-refractivity contribution in [3.8, 4) is 5.69 Å². The van der Waals surface area contributed by atoms with Crippen molar-refractivity contribution in [2.24, 2.45) is 7.05 Å². The Labute approximate surface area is 127 Å². The lowest BCUT2D eigenvalue weighted by molar-refractivity contribution is 0.626. The Kier molecular flexibility index (Phi) is 2.97. The average Bonchev–Trinajstić information content (AvgIpc) is 2.79. The van der Waals surface area contributed by atoms with Crippen LogP contribution in [0.15, 0.2) is 18.2 Å². The van der Waals surface area contributed by atoms with E-state index in [2.05, 4.69) is 32.7 Å². The molecule has 7 heteroatoms. The molecule has 4 nitrogen and oxygen atoms in total. The zero-order valence-electron chi connectivity index (χ0n) is 10.2. The summed E-state index contributed by atoms with van der Waals surface area (Å²) in [6, 6.07) is 4.64. The van der Waals surface area contributed by atoms with Crippen molar-refractivity contribution in [1.29, 1.82) is 0 Å². The first-order valence-electron chi connectivity index (χ1n) is 5.59. The van der Waals surface area contributed by atoms with Crippen molar-refractivity contribution >= 4 is 46.0 Å². The molecule has 0 atom stereocenters. The maximum atomic E-state index is 13.2. The summed E-state index contributed by atoms with van der Waals surface area (Å²) in [6.45, 7) is 1.92. The molecule has 2 aromatic heterocycles. The number of rotatable bonds is 1. The number of imidazole rings is 1. The summed E-state index contributed by atoms with van der Waals surface area (Å²) in [6.07, 6.45) is 0. The molecule has 0 bridgehead atoms. The quantitative estimate of drug-likeness (QED) is 0.512. The molecule has 0 saturated heterocycles. The molecule has 0 unspecified atom stereocenters. The van der Waals surface area contributed by atoms with Crippen LogP contribution in [0.4, 0.5) is 4.39 Å². The zero-order chi connectivity index (χ0) is 13.7. The van der Waals surface area contributed by atoms with Crippen LogP contribution < -0.4 is 0 Å². The van der Waals surface area contributed by atoms with E-state index in [1.54, 1.807) is 10.7 Å². The van der Waals surface area contributed by atoms with Gasteiger partial charge in [0.25, 0.3) is 0 Å². The molecule has 98 valence electrons. The third-order valence-corrected chi connectivity index (χ3v) is 4.14. The number of aromatic nitrogens is 4. The van der Waals surface area contributed by atoms with Gasteiger partial charge in [0, 0.05) is 10.6 Å². The van der Waals surface area contributed by atoms with E-state index < -0.39 is 0 Å². The lowest BCUT2D eigenvalue weighted by Gasteiger charge is -2.07. The Hall–Kier alpha value is -1.22. The van der Waals surface area contributed by atoms with Crippen molar-refractivity contribution in [3.05, 3.63) is 38.1 Å². The normalized spacial score (nSPS) is 11.4.